The second kappa shape index (κ2) is 6.17. The number of nitrogens with one attached hydrogen (secondary N) is 1. The van der Waals surface area contributed by atoms with Gasteiger partial charge in [-0.05, 0) is 37.5 Å². The van der Waals surface area contributed by atoms with Crippen molar-refractivity contribution < 1.29 is 22.8 Å². The molecule has 1 aromatic carbocycles. The van der Waals surface area contributed by atoms with Crippen molar-refractivity contribution >= 4 is 11.9 Å². The normalized spacial score (nSPS) is 25.3. The molecule has 1 aromatic rings. The summed E-state index contributed by atoms with van der Waals surface area (Å²) in [6.07, 6.45) is -1.74. The number of hydrogen-bond acceptors (Lipinski definition) is 2. The topological polar surface area (TPSA) is 52.7 Å². The molecule has 4 rings (SSSR count). The first kappa shape index (κ1) is 17.2. The SMILES string of the molecule is O=C(NC1CC1)N1CC[C@@H]2[C@H](C1)CN2C(=O)c1cccc(C(F)(F)F)c1. The summed E-state index contributed by atoms with van der Waals surface area (Å²) in [5.74, 6) is -0.170. The maximum absolute atomic E-state index is 12.8. The number of fused-ring (bicyclic) bond motifs is 1. The summed E-state index contributed by atoms with van der Waals surface area (Å²) in [6, 6.07) is 4.82. The summed E-state index contributed by atoms with van der Waals surface area (Å²) in [4.78, 5) is 28.1. The Labute approximate surface area is 149 Å². The molecule has 2 aliphatic heterocycles. The maximum Gasteiger partial charge on any atom is 0.416 e. The molecule has 3 aliphatic rings. The lowest BCUT2D eigenvalue weighted by Gasteiger charge is -2.53. The Bertz CT molecular complexity index is 733. The van der Waals surface area contributed by atoms with E-state index in [1.807, 2.05) is 0 Å². The van der Waals surface area contributed by atoms with E-state index < -0.39 is 11.7 Å². The molecule has 3 fully saturated rings. The number of hydrogen-bond donors (Lipinski definition) is 1. The highest BCUT2D eigenvalue weighted by molar-refractivity contribution is 5.95. The zero-order valence-electron chi connectivity index (χ0n) is 14.1. The van der Waals surface area contributed by atoms with Crippen molar-refractivity contribution in [3.05, 3.63) is 35.4 Å². The van der Waals surface area contributed by atoms with E-state index in [-0.39, 0.29) is 29.5 Å². The summed E-state index contributed by atoms with van der Waals surface area (Å²) in [7, 11) is 0. The Morgan fingerprint density at radius 1 is 1.12 bits per heavy atom. The minimum atomic E-state index is -4.46. The van der Waals surface area contributed by atoms with Crippen molar-refractivity contribution in [1.82, 2.24) is 15.1 Å². The molecule has 2 saturated heterocycles. The fourth-order valence-corrected chi connectivity index (χ4v) is 3.77. The van der Waals surface area contributed by atoms with Gasteiger partial charge >= 0.3 is 12.2 Å². The van der Waals surface area contributed by atoms with Gasteiger partial charge in [0.05, 0.1) is 5.56 Å². The lowest BCUT2D eigenvalue weighted by atomic mass is 9.82. The molecule has 1 aliphatic carbocycles. The first-order valence-electron chi connectivity index (χ1n) is 8.86. The molecule has 2 atom stereocenters. The van der Waals surface area contributed by atoms with Crippen LogP contribution in [-0.2, 0) is 6.18 Å². The van der Waals surface area contributed by atoms with Gasteiger partial charge in [-0.1, -0.05) is 6.07 Å². The third-order valence-electron chi connectivity index (χ3n) is 5.42. The van der Waals surface area contributed by atoms with Crippen molar-refractivity contribution in [3.8, 4) is 0 Å². The largest absolute Gasteiger partial charge is 0.416 e. The quantitative estimate of drug-likeness (QED) is 0.874. The number of amides is 3. The molecule has 140 valence electrons. The molecule has 2 heterocycles. The van der Waals surface area contributed by atoms with Gasteiger partial charge in [0.25, 0.3) is 5.91 Å². The van der Waals surface area contributed by atoms with E-state index >= 15 is 0 Å². The van der Waals surface area contributed by atoms with Gasteiger partial charge in [-0.3, -0.25) is 4.79 Å². The number of nitrogens with zero attached hydrogens (tertiary/aromatic N) is 2. The molecule has 3 amide bonds. The molecule has 5 nitrogen and oxygen atoms in total. The zero-order valence-corrected chi connectivity index (χ0v) is 14.1. The number of carbonyl (C=O) groups is 2. The highest BCUT2D eigenvalue weighted by Crippen LogP contribution is 2.35. The van der Waals surface area contributed by atoms with Crippen LogP contribution in [0.15, 0.2) is 24.3 Å². The van der Waals surface area contributed by atoms with Crippen LogP contribution in [-0.4, -0.2) is 53.5 Å². The Hall–Kier alpha value is -2.25. The predicted molar refractivity (Wildman–Crippen MR) is 87.5 cm³/mol. The average Bonchev–Trinajstić information content (AvgIpc) is 3.39. The van der Waals surface area contributed by atoms with Gasteiger partial charge in [-0.25, -0.2) is 4.79 Å². The maximum atomic E-state index is 12.8. The van der Waals surface area contributed by atoms with Gasteiger partial charge in [0.1, 0.15) is 0 Å². The third-order valence-corrected chi connectivity index (χ3v) is 5.42. The van der Waals surface area contributed by atoms with Gasteiger partial charge in [-0.15, -0.1) is 0 Å². The molecule has 0 bridgehead atoms. The van der Waals surface area contributed by atoms with Crippen molar-refractivity contribution in [2.45, 2.75) is 37.5 Å². The Morgan fingerprint density at radius 2 is 1.88 bits per heavy atom. The first-order chi connectivity index (χ1) is 12.3. The highest BCUT2D eigenvalue weighted by Gasteiger charge is 2.46. The van der Waals surface area contributed by atoms with E-state index in [0.717, 1.165) is 25.0 Å². The molecule has 8 heteroatoms. The second-order valence-corrected chi connectivity index (χ2v) is 7.32. The lowest BCUT2D eigenvalue weighted by molar-refractivity contribution is -0.137. The van der Waals surface area contributed by atoms with Crippen LogP contribution in [0.25, 0.3) is 0 Å². The van der Waals surface area contributed by atoms with Crippen LogP contribution in [0, 0.1) is 5.92 Å². The number of carbonyl (C=O) groups excluding carboxylic acids is 2. The molecule has 0 radical (unpaired) electrons. The number of urea groups is 1. The number of piperidine rings is 1. The second-order valence-electron chi connectivity index (χ2n) is 7.32. The van der Waals surface area contributed by atoms with Gasteiger partial charge < -0.3 is 15.1 Å². The van der Waals surface area contributed by atoms with Gasteiger partial charge in [0.15, 0.2) is 0 Å². The van der Waals surface area contributed by atoms with Crippen molar-refractivity contribution in [3.63, 3.8) is 0 Å². The van der Waals surface area contributed by atoms with E-state index in [1.165, 1.54) is 12.1 Å². The fraction of sp³-hybridized carbons (Fsp3) is 0.556. The van der Waals surface area contributed by atoms with Crippen LogP contribution < -0.4 is 5.32 Å². The van der Waals surface area contributed by atoms with Crippen molar-refractivity contribution in [1.29, 1.82) is 0 Å². The minimum Gasteiger partial charge on any atom is -0.335 e. The Balaban J connectivity index is 1.38. The predicted octanol–water partition coefficient (Wildman–Crippen LogP) is 2.72. The molecule has 0 spiro atoms. The van der Waals surface area contributed by atoms with E-state index in [0.29, 0.717) is 32.1 Å². The van der Waals surface area contributed by atoms with Crippen LogP contribution in [0.1, 0.15) is 35.2 Å². The Kier molecular flexibility index (Phi) is 4.08. The van der Waals surface area contributed by atoms with Crippen LogP contribution in [0.5, 0.6) is 0 Å². The summed E-state index contributed by atoms with van der Waals surface area (Å²) >= 11 is 0. The van der Waals surface area contributed by atoms with Crippen molar-refractivity contribution in [2.75, 3.05) is 19.6 Å². The van der Waals surface area contributed by atoms with E-state index in [1.54, 1.807) is 9.80 Å². The summed E-state index contributed by atoms with van der Waals surface area (Å²) in [5, 5.41) is 2.96. The van der Waals surface area contributed by atoms with Gasteiger partial charge in [0, 0.05) is 43.2 Å². The first-order valence-corrected chi connectivity index (χ1v) is 8.86. The van der Waals surface area contributed by atoms with Crippen LogP contribution in [0.3, 0.4) is 0 Å². The lowest BCUT2D eigenvalue weighted by Crippen LogP contribution is -2.66. The fourth-order valence-electron chi connectivity index (χ4n) is 3.77. The molecule has 0 aromatic heterocycles. The number of benzene rings is 1. The summed E-state index contributed by atoms with van der Waals surface area (Å²) in [6.45, 7) is 1.63. The summed E-state index contributed by atoms with van der Waals surface area (Å²) in [5.41, 5.74) is -0.751. The van der Waals surface area contributed by atoms with Crippen molar-refractivity contribution in [2.24, 2.45) is 5.92 Å². The smallest absolute Gasteiger partial charge is 0.335 e. The number of rotatable bonds is 2. The highest BCUT2D eigenvalue weighted by atomic mass is 19.4. The van der Waals surface area contributed by atoms with E-state index in [4.69, 9.17) is 0 Å². The number of likely N-dealkylation sites (tertiary alicyclic amines) is 2. The molecule has 1 N–H and O–H groups in total. The van der Waals surface area contributed by atoms with E-state index in [9.17, 15) is 22.8 Å². The zero-order chi connectivity index (χ0) is 18.5. The molecule has 1 saturated carbocycles. The third kappa shape index (κ3) is 3.24. The standard InChI is InChI=1S/C18H20F3N3O2/c19-18(20,21)13-3-1-2-11(8-13)16(25)24-10-12-9-23(7-6-15(12)24)17(26)22-14-4-5-14/h1-3,8,12,14-15H,4-7,9-10H2,(H,22,26)/t12-,15-/m1/s1. The van der Waals surface area contributed by atoms with Crippen LogP contribution >= 0.6 is 0 Å². The van der Waals surface area contributed by atoms with Crippen LogP contribution in [0.4, 0.5) is 18.0 Å². The molecular weight excluding hydrogens is 347 g/mol. The molecular formula is C18H20F3N3O2. The van der Waals surface area contributed by atoms with E-state index in [2.05, 4.69) is 5.32 Å². The number of halogens is 3. The minimum absolute atomic E-state index is 0.00187. The molecule has 0 unspecified atom stereocenters. The van der Waals surface area contributed by atoms with Gasteiger partial charge in [0.2, 0.25) is 0 Å². The van der Waals surface area contributed by atoms with Gasteiger partial charge in [-0.2, -0.15) is 13.2 Å². The monoisotopic (exact) mass is 367 g/mol. The Morgan fingerprint density at radius 3 is 2.54 bits per heavy atom. The summed E-state index contributed by atoms with van der Waals surface area (Å²) < 4.78 is 38.5. The average molecular weight is 367 g/mol. The van der Waals surface area contributed by atoms with Crippen LogP contribution in [0.2, 0.25) is 0 Å². The molecule has 26 heavy (non-hydrogen) atoms. The number of alkyl halides is 3.